The maximum absolute atomic E-state index is 13.1. The molecule has 0 aliphatic heterocycles. The number of carbonyl (C=O) groups excluding carboxylic acids is 1. The molecule has 1 atom stereocenters. The fourth-order valence-electron chi connectivity index (χ4n) is 1.97. The minimum Gasteiger partial charge on any atom is -0.387 e. The zero-order valence-electron chi connectivity index (χ0n) is 12.4. The highest BCUT2D eigenvalue weighted by Crippen LogP contribution is 2.15. The van der Waals surface area contributed by atoms with E-state index in [1.807, 2.05) is 10.8 Å². The minimum absolute atomic E-state index is 0.0988. The lowest BCUT2D eigenvalue weighted by molar-refractivity contribution is 0.172. The molecular weight excluding hydrogens is 306 g/mol. The predicted molar refractivity (Wildman–Crippen MR) is 79.6 cm³/mol. The number of hydrogen-bond donors (Lipinski definition) is 3. The Morgan fingerprint density at radius 1 is 1.30 bits per heavy atom. The Hall–Kier alpha value is -2.48. The Labute approximate surface area is 132 Å². The van der Waals surface area contributed by atoms with Gasteiger partial charge in [0.25, 0.3) is 0 Å². The van der Waals surface area contributed by atoms with Crippen molar-refractivity contribution >= 4 is 6.03 Å². The molecule has 1 aromatic carbocycles. The van der Waals surface area contributed by atoms with Crippen molar-refractivity contribution in [2.75, 3.05) is 13.1 Å². The van der Waals surface area contributed by atoms with Gasteiger partial charge in [-0.1, -0.05) is 6.07 Å². The second-order valence-electron chi connectivity index (χ2n) is 4.98. The van der Waals surface area contributed by atoms with Gasteiger partial charge in [-0.3, -0.25) is 0 Å². The van der Waals surface area contributed by atoms with Crippen LogP contribution in [0.3, 0.4) is 0 Å². The lowest BCUT2D eigenvalue weighted by Gasteiger charge is -2.13. The Morgan fingerprint density at radius 2 is 2.13 bits per heavy atom. The third-order valence-corrected chi connectivity index (χ3v) is 3.22. The number of hydrogen-bond acceptors (Lipinski definition) is 3. The number of rotatable bonds is 7. The number of benzene rings is 1. The summed E-state index contributed by atoms with van der Waals surface area (Å²) in [6.45, 7) is 1.10. The van der Waals surface area contributed by atoms with Crippen LogP contribution in [0.15, 0.2) is 36.9 Å². The Morgan fingerprint density at radius 3 is 2.83 bits per heavy atom. The fraction of sp³-hybridized carbons (Fsp3) is 0.333. The average molecular weight is 324 g/mol. The van der Waals surface area contributed by atoms with Crippen LogP contribution in [0.2, 0.25) is 0 Å². The average Bonchev–Trinajstić information content (AvgIpc) is 3.05. The molecule has 0 fully saturated rings. The summed E-state index contributed by atoms with van der Waals surface area (Å²) in [6, 6.07) is 2.68. The van der Waals surface area contributed by atoms with Crippen LogP contribution in [0.4, 0.5) is 13.6 Å². The molecule has 2 amide bonds. The quantitative estimate of drug-likeness (QED) is 0.677. The summed E-state index contributed by atoms with van der Waals surface area (Å²) in [5.74, 6) is -2.02. The molecule has 0 bridgehead atoms. The van der Waals surface area contributed by atoms with Gasteiger partial charge in [0.2, 0.25) is 0 Å². The Bertz CT molecular complexity index is 634. The molecule has 124 valence electrons. The van der Waals surface area contributed by atoms with Gasteiger partial charge in [0.15, 0.2) is 11.6 Å². The molecule has 3 N–H and O–H groups in total. The maximum Gasteiger partial charge on any atom is 0.314 e. The van der Waals surface area contributed by atoms with Crippen LogP contribution in [0.1, 0.15) is 18.1 Å². The standard InChI is InChI=1S/C15H18F2N4O2/c16-12-3-2-11(8-13(12)17)14(22)9-20-15(23)19-4-1-6-21-7-5-18-10-21/h2-3,5,7-8,10,14,22H,1,4,6,9H2,(H2,19,20,23). The first-order chi connectivity index (χ1) is 11.1. The van der Waals surface area contributed by atoms with Crippen molar-refractivity contribution < 1.29 is 18.7 Å². The van der Waals surface area contributed by atoms with E-state index in [0.717, 1.165) is 25.1 Å². The van der Waals surface area contributed by atoms with Gasteiger partial charge in [0.1, 0.15) is 0 Å². The summed E-state index contributed by atoms with van der Waals surface area (Å²) in [4.78, 5) is 15.5. The van der Waals surface area contributed by atoms with Crippen molar-refractivity contribution in [3.63, 3.8) is 0 Å². The Balaban J connectivity index is 1.66. The predicted octanol–water partition coefficient (Wildman–Crippen LogP) is 1.58. The van der Waals surface area contributed by atoms with Crippen LogP contribution in [0.25, 0.3) is 0 Å². The fourth-order valence-corrected chi connectivity index (χ4v) is 1.97. The molecule has 0 aliphatic rings. The minimum atomic E-state index is -1.11. The second kappa shape index (κ2) is 8.23. The number of nitrogens with one attached hydrogen (secondary N) is 2. The number of aliphatic hydroxyl groups excluding tert-OH is 1. The smallest absolute Gasteiger partial charge is 0.314 e. The van der Waals surface area contributed by atoms with Crippen LogP contribution in [-0.4, -0.2) is 33.8 Å². The van der Waals surface area contributed by atoms with Gasteiger partial charge in [-0.05, 0) is 24.1 Å². The first-order valence-electron chi connectivity index (χ1n) is 7.16. The van der Waals surface area contributed by atoms with Gasteiger partial charge in [0.05, 0.1) is 12.4 Å². The number of aliphatic hydroxyl groups is 1. The van der Waals surface area contributed by atoms with Gasteiger partial charge in [-0.15, -0.1) is 0 Å². The summed E-state index contributed by atoms with van der Waals surface area (Å²) in [5, 5.41) is 15.0. The van der Waals surface area contributed by atoms with Crippen molar-refractivity contribution in [3.05, 3.63) is 54.1 Å². The second-order valence-corrected chi connectivity index (χ2v) is 4.98. The van der Waals surface area contributed by atoms with Crippen LogP contribution in [0, 0.1) is 11.6 Å². The van der Waals surface area contributed by atoms with E-state index in [0.29, 0.717) is 6.54 Å². The number of aromatic nitrogens is 2. The number of amides is 2. The number of carbonyl (C=O) groups is 1. The SMILES string of the molecule is O=C(NCCCn1ccnc1)NCC(O)c1ccc(F)c(F)c1. The Kier molecular flexibility index (Phi) is 6.04. The van der Waals surface area contributed by atoms with E-state index >= 15 is 0 Å². The molecule has 0 radical (unpaired) electrons. The lowest BCUT2D eigenvalue weighted by Crippen LogP contribution is -2.38. The van der Waals surface area contributed by atoms with Crippen molar-refractivity contribution in [1.29, 1.82) is 0 Å². The van der Waals surface area contributed by atoms with Crippen LogP contribution >= 0.6 is 0 Å². The first-order valence-corrected chi connectivity index (χ1v) is 7.16. The molecule has 2 aromatic rings. The summed E-state index contributed by atoms with van der Waals surface area (Å²) < 4.78 is 27.8. The van der Waals surface area contributed by atoms with E-state index in [4.69, 9.17) is 0 Å². The lowest BCUT2D eigenvalue weighted by atomic mass is 10.1. The summed E-state index contributed by atoms with van der Waals surface area (Å²) >= 11 is 0. The number of imidazole rings is 1. The molecule has 23 heavy (non-hydrogen) atoms. The van der Waals surface area contributed by atoms with E-state index in [2.05, 4.69) is 15.6 Å². The largest absolute Gasteiger partial charge is 0.387 e. The highest BCUT2D eigenvalue weighted by molar-refractivity contribution is 5.73. The molecular formula is C15H18F2N4O2. The number of nitrogens with zero attached hydrogens (tertiary/aromatic N) is 2. The molecule has 8 heteroatoms. The van der Waals surface area contributed by atoms with Gasteiger partial charge in [-0.25, -0.2) is 18.6 Å². The van der Waals surface area contributed by atoms with E-state index in [1.165, 1.54) is 6.07 Å². The summed E-state index contributed by atoms with van der Waals surface area (Å²) in [7, 11) is 0. The molecule has 0 aliphatic carbocycles. The van der Waals surface area contributed by atoms with Crippen molar-refractivity contribution in [2.45, 2.75) is 19.1 Å². The molecule has 6 nitrogen and oxygen atoms in total. The van der Waals surface area contributed by atoms with Crippen molar-refractivity contribution in [2.24, 2.45) is 0 Å². The normalized spacial score (nSPS) is 12.0. The van der Waals surface area contributed by atoms with Crippen LogP contribution in [-0.2, 0) is 6.54 Å². The van der Waals surface area contributed by atoms with Crippen LogP contribution in [0.5, 0.6) is 0 Å². The third-order valence-electron chi connectivity index (χ3n) is 3.22. The maximum atomic E-state index is 13.1. The molecule has 0 saturated carbocycles. The van der Waals surface area contributed by atoms with Gasteiger partial charge < -0.3 is 20.3 Å². The van der Waals surface area contributed by atoms with Crippen molar-refractivity contribution in [1.82, 2.24) is 20.2 Å². The van der Waals surface area contributed by atoms with Gasteiger partial charge >= 0.3 is 6.03 Å². The number of aryl methyl sites for hydroxylation is 1. The first kappa shape index (κ1) is 16.9. The molecule has 2 rings (SSSR count). The molecule has 1 aromatic heterocycles. The number of halogens is 2. The van der Waals surface area contributed by atoms with E-state index in [9.17, 15) is 18.7 Å². The van der Waals surface area contributed by atoms with Crippen molar-refractivity contribution in [3.8, 4) is 0 Å². The summed E-state index contributed by atoms with van der Waals surface area (Å²) in [6.07, 6.45) is 4.83. The van der Waals surface area contributed by atoms with E-state index in [1.54, 1.807) is 12.5 Å². The molecule has 1 heterocycles. The highest BCUT2D eigenvalue weighted by Gasteiger charge is 2.12. The van der Waals surface area contributed by atoms with Gasteiger partial charge in [0, 0.05) is 32.0 Å². The van der Waals surface area contributed by atoms with E-state index in [-0.39, 0.29) is 12.1 Å². The zero-order valence-corrected chi connectivity index (χ0v) is 12.4. The molecule has 0 spiro atoms. The monoisotopic (exact) mass is 324 g/mol. The molecule has 0 saturated heterocycles. The van der Waals surface area contributed by atoms with Gasteiger partial charge in [-0.2, -0.15) is 0 Å². The third kappa shape index (κ3) is 5.33. The molecule has 1 unspecified atom stereocenters. The topological polar surface area (TPSA) is 79.2 Å². The van der Waals surface area contributed by atoms with Crippen LogP contribution < -0.4 is 10.6 Å². The summed E-state index contributed by atoms with van der Waals surface area (Å²) in [5.41, 5.74) is 0.198. The van der Waals surface area contributed by atoms with E-state index < -0.39 is 23.8 Å². The highest BCUT2D eigenvalue weighted by atomic mass is 19.2. The number of urea groups is 1. The zero-order chi connectivity index (χ0) is 16.7.